The minimum absolute atomic E-state index is 0.198. The second-order valence-electron chi connectivity index (χ2n) is 5.10. The van der Waals surface area contributed by atoms with E-state index in [9.17, 15) is 14.7 Å². The number of anilines is 1. The van der Waals surface area contributed by atoms with Crippen LogP contribution in [0.4, 0.5) is 5.69 Å². The molecule has 1 aromatic carbocycles. The third-order valence-electron chi connectivity index (χ3n) is 3.64. The van der Waals surface area contributed by atoms with Crippen molar-refractivity contribution in [2.75, 3.05) is 19.5 Å². The van der Waals surface area contributed by atoms with Crippen LogP contribution in [0.15, 0.2) is 41.3 Å². The summed E-state index contributed by atoms with van der Waals surface area (Å²) in [6, 6.07) is 7.94. The minimum Gasteiger partial charge on any atom is -0.506 e. The Labute approximate surface area is 142 Å². The number of hydrogen-bond acceptors (Lipinski definition) is 6. The van der Waals surface area contributed by atoms with Crippen LogP contribution in [0.25, 0.3) is 11.0 Å². The summed E-state index contributed by atoms with van der Waals surface area (Å²) < 4.78 is 10.3. The summed E-state index contributed by atoms with van der Waals surface area (Å²) in [6.07, 6.45) is 1.47. The predicted molar refractivity (Wildman–Crippen MR) is 91.5 cm³/mol. The highest BCUT2D eigenvalue weighted by molar-refractivity contribution is 6.09. The fourth-order valence-corrected chi connectivity index (χ4v) is 2.41. The number of rotatable bonds is 4. The first-order valence-corrected chi connectivity index (χ1v) is 7.28. The topological polar surface area (TPSA) is 114 Å². The molecular formula is C17H15N3O5. The number of aromatic nitrogens is 2. The molecule has 2 heterocycles. The first-order chi connectivity index (χ1) is 12.0. The second-order valence-corrected chi connectivity index (χ2v) is 5.10. The van der Waals surface area contributed by atoms with Crippen LogP contribution in [-0.4, -0.2) is 35.2 Å². The van der Waals surface area contributed by atoms with Crippen LogP contribution in [0.2, 0.25) is 0 Å². The van der Waals surface area contributed by atoms with E-state index in [2.05, 4.69) is 15.3 Å². The summed E-state index contributed by atoms with van der Waals surface area (Å²) in [4.78, 5) is 31.1. The predicted octanol–water partition coefficient (Wildman–Crippen LogP) is 1.90. The van der Waals surface area contributed by atoms with Gasteiger partial charge in [-0.3, -0.25) is 9.59 Å². The number of benzene rings is 1. The molecule has 3 N–H and O–H groups in total. The number of aromatic hydroxyl groups is 1. The summed E-state index contributed by atoms with van der Waals surface area (Å²) in [5, 5.41) is 13.1. The Balaban J connectivity index is 2.02. The summed E-state index contributed by atoms with van der Waals surface area (Å²) in [6.45, 7) is 0. The van der Waals surface area contributed by atoms with Crippen LogP contribution in [-0.2, 0) is 0 Å². The zero-order valence-electron chi connectivity index (χ0n) is 13.5. The van der Waals surface area contributed by atoms with Crippen LogP contribution < -0.4 is 20.3 Å². The first-order valence-electron chi connectivity index (χ1n) is 7.28. The van der Waals surface area contributed by atoms with Crippen LogP contribution >= 0.6 is 0 Å². The van der Waals surface area contributed by atoms with Gasteiger partial charge in [0.25, 0.3) is 11.5 Å². The highest BCUT2D eigenvalue weighted by Gasteiger charge is 2.20. The number of aromatic amines is 1. The lowest BCUT2D eigenvalue weighted by atomic mass is 10.1. The smallest absolute Gasteiger partial charge is 0.266 e. The SMILES string of the molecule is COc1ccc(NC(=O)c2c(O)c3cccnc3[nH]c2=O)c(OC)c1. The molecule has 0 saturated carbocycles. The molecule has 8 heteroatoms. The molecule has 0 unspecified atom stereocenters. The van der Waals surface area contributed by atoms with Gasteiger partial charge in [0.1, 0.15) is 28.5 Å². The maximum absolute atomic E-state index is 12.5. The van der Waals surface area contributed by atoms with Gasteiger partial charge in [-0.1, -0.05) is 0 Å². The lowest BCUT2D eigenvalue weighted by molar-refractivity contribution is 0.102. The van der Waals surface area contributed by atoms with Gasteiger partial charge in [-0.25, -0.2) is 4.98 Å². The van der Waals surface area contributed by atoms with Crippen molar-refractivity contribution in [2.45, 2.75) is 0 Å². The van der Waals surface area contributed by atoms with Crippen LogP contribution in [0.1, 0.15) is 10.4 Å². The third-order valence-corrected chi connectivity index (χ3v) is 3.64. The monoisotopic (exact) mass is 341 g/mol. The summed E-state index contributed by atoms with van der Waals surface area (Å²) in [7, 11) is 2.95. The summed E-state index contributed by atoms with van der Waals surface area (Å²) in [5.74, 6) is -0.303. The summed E-state index contributed by atoms with van der Waals surface area (Å²) in [5.41, 5.74) is -0.617. The average Bonchev–Trinajstić information content (AvgIpc) is 2.62. The van der Waals surface area contributed by atoms with Crippen molar-refractivity contribution in [1.82, 2.24) is 9.97 Å². The van der Waals surface area contributed by atoms with Gasteiger partial charge in [0, 0.05) is 12.3 Å². The zero-order chi connectivity index (χ0) is 18.0. The van der Waals surface area contributed by atoms with E-state index in [4.69, 9.17) is 9.47 Å². The third kappa shape index (κ3) is 2.97. The van der Waals surface area contributed by atoms with Gasteiger partial charge in [0.15, 0.2) is 0 Å². The van der Waals surface area contributed by atoms with Gasteiger partial charge in [-0.15, -0.1) is 0 Å². The van der Waals surface area contributed by atoms with Gasteiger partial charge < -0.3 is 24.9 Å². The van der Waals surface area contributed by atoms with Crippen molar-refractivity contribution in [3.8, 4) is 17.2 Å². The molecule has 2 aromatic heterocycles. The van der Waals surface area contributed by atoms with Crippen molar-refractivity contribution < 1.29 is 19.4 Å². The number of pyridine rings is 2. The molecule has 0 aliphatic carbocycles. The van der Waals surface area contributed by atoms with Gasteiger partial charge >= 0.3 is 0 Å². The Bertz CT molecular complexity index is 1010. The lowest BCUT2D eigenvalue weighted by Crippen LogP contribution is -2.23. The van der Waals surface area contributed by atoms with E-state index in [1.165, 1.54) is 20.4 Å². The number of methoxy groups -OCH3 is 2. The fourth-order valence-electron chi connectivity index (χ4n) is 2.41. The molecule has 0 aliphatic rings. The van der Waals surface area contributed by atoms with Crippen molar-refractivity contribution >= 4 is 22.6 Å². The number of nitrogens with zero attached hydrogens (tertiary/aromatic N) is 1. The molecule has 1 amide bonds. The molecule has 0 spiro atoms. The zero-order valence-corrected chi connectivity index (χ0v) is 13.5. The largest absolute Gasteiger partial charge is 0.506 e. The first kappa shape index (κ1) is 16.3. The quantitative estimate of drug-likeness (QED) is 0.668. The standard InChI is InChI=1S/C17H15N3O5/c1-24-9-5-6-11(12(8-9)25-2)19-16(22)13-14(21)10-4-3-7-18-15(10)20-17(13)23/h3-8H,1-2H3,(H,19,22)(H2,18,20,21,23). The van der Waals surface area contributed by atoms with Crippen LogP contribution in [0.5, 0.6) is 17.2 Å². The highest BCUT2D eigenvalue weighted by Crippen LogP contribution is 2.30. The molecule has 0 atom stereocenters. The molecule has 8 nitrogen and oxygen atoms in total. The Morgan fingerprint density at radius 1 is 1.24 bits per heavy atom. The number of fused-ring (bicyclic) bond motifs is 1. The van der Waals surface area contributed by atoms with Crippen molar-refractivity contribution in [1.29, 1.82) is 0 Å². The Morgan fingerprint density at radius 2 is 2.04 bits per heavy atom. The second kappa shape index (κ2) is 6.52. The number of nitrogens with one attached hydrogen (secondary N) is 2. The molecule has 0 saturated heterocycles. The van der Waals surface area contributed by atoms with E-state index in [1.54, 1.807) is 30.3 Å². The van der Waals surface area contributed by atoms with E-state index in [-0.39, 0.29) is 11.0 Å². The van der Waals surface area contributed by atoms with Crippen molar-refractivity contribution in [3.05, 3.63) is 52.4 Å². The maximum atomic E-state index is 12.5. The van der Waals surface area contributed by atoms with Gasteiger partial charge in [-0.05, 0) is 24.3 Å². The number of amides is 1. The lowest BCUT2D eigenvalue weighted by Gasteiger charge is -2.12. The molecule has 3 rings (SSSR count). The van der Waals surface area contributed by atoms with Crippen molar-refractivity contribution in [2.24, 2.45) is 0 Å². The number of carbonyl (C=O) groups is 1. The minimum atomic E-state index is -0.770. The fraction of sp³-hybridized carbons (Fsp3) is 0.118. The highest BCUT2D eigenvalue weighted by atomic mass is 16.5. The molecule has 128 valence electrons. The van der Waals surface area contributed by atoms with E-state index >= 15 is 0 Å². The molecule has 0 fully saturated rings. The molecule has 25 heavy (non-hydrogen) atoms. The Morgan fingerprint density at radius 3 is 2.76 bits per heavy atom. The molecule has 0 bridgehead atoms. The van der Waals surface area contributed by atoms with Gasteiger partial charge in [-0.2, -0.15) is 0 Å². The summed E-state index contributed by atoms with van der Waals surface area (Å²) >= 11 is 0. The normalized spacial score (nSPS) is 10.5. The van der Waals surface area contributed by atoms with E-state index < -0.39 is 22.8 Å². The number of H-pyrrole nitrogens is 1. The molecular weight excluding hydrogens is 326 g/mol. The molecule has 0 radical (unpaired) electrons. The number of carbonyl (C=O) groups excluding carboxylic acids is 1. The molecule has 0 aliphatic heterocycles. The van der Waals surface area contributed by atoms with E-state index in [0.29, 0.717) is 17.2 Å². The van der Waals surface area contributed by atoms with E-state index in [1.807, 2.05) is 0 Å². The average molecular weight is 341 g/mol. The number of ether oxygens (including phenoxy) is 2. The molecule has 3 aromatic rings. The Hall–Kier alpha value is -3.55. The number of hydrogen-bond donors (Lipinski definition) is 3. The Kier molecular flexibility index (Phi) is 4.25. The van der Waals surface area contributed by atoms with Crippen LogP contribution in [0.3, 0.4) is 0 Å². The maximum Gasteiger partial charge on any atom is 0.266 e. The van der Waals surface area contributed by atoms with E-state index in [0.717, 1.165) is 0 Å². The van der Waals surface area contributed by atoms with Crippen molar-refractivity contribution in [3.63, 3.8) is 0 Å². The van der Waals surface area contributed by atoms with Gasteiger partial charge in [0.05, 0.1) is 25.3 Å². The van der Waals surface area contributed by atoms with Crippen LogP contribution in [0, 0.1) is 0 Å². The van der Waals surface area contributed by atoms with Gasteiger partial charge in [0.2, 0.25) is 0 Å².